The Bertz CT molecular complexity index is 507. The maximum Gasteiger partial charge on any atom is 0.172 e. The first kappa shape index (κ1) is 15.7. The molecule has 1 aromatic carbocycles. The van der Waals surface area contributed by atoms with E-state index in [0.29, 0.717) is 32.8 Å². The summed E-state index contributed by atoms with van der Waals surface area (Å²) in [5, 5.41) is 0. The fourth-order valence-corrected chi connectivity index (χ4v) is 3.76. The normalized spacial score (nSPS) is 30.0. The Morgan fingerprint density at radius 2 is 1.95 bits per heavy atom. The van der Waals surface area contributed by atoms with Crippen molar-refractivity contribution >= 4 is 5.78 Å². The molecule has 22 heavy (non-hydrogen) atoms. The minimum absolute atomic E-state index is 0.0381. The van der Waals surface area contributed by atoms with Gasteiger partial charge in [-0.3, -0.25) is 4.79 Å². The number of hydrogen-bond donors (Lipinski definition) is 0. The molecule has 0 unspecified atom stereocenters. The number of carbonyl (C=O) groups excluding carboxylic acids is 1. The van der Waals surface area contributed by atoms with Gasteiger partial charge in [0, 0.05) is 18.3 Å². The zero-order valence-corrected chi connectivity index (χ0v) is 13.3. The van der Waals surface area contributed by atoms with Gasteiger partial charge in [0.1, 0.15) is 5.78 Å². The van der Waals surface area contributed by atoms with Crippen LogP contribution in [0, 0.1) is 17.8 Å². The molecule has 1 heterocycles. The first-order valence-electron chi connectivity index (χ1n) is 8.02. The smallest absolute Gasteiger partial charge is 0.172 e. The van der Waals surface area contributed by atoms with Crippen LogP contribution in [0.15, 0.2) is 30.3 Å². The number of rotatable bonds is 5. The number of carbonyl (C=O) groups is 1. The summed E-state index contributed by atoms with van der Waals surface area (Å²) in [7, 11) is 0. The molecule has 1 saturated heterocycles. The van der Waals surface area contributed by atoms with Crippen molar-refractivity contribution in [2.45, 2.75) is 32.7 Å². The minimum Gasteiger partial charge on any atom is -0.376 e. The van der Waals surface area contributed by atoms with Gasteiger partial charge in [0.25, 0.3) is 0 Å². The molecule has 0 N–H and O–H groups in total. The van der Waals surface area contributed by atoms with E-state index in [1.165, 1.54) is 0 Å². The van der Waals surface area contributed by atoms with Crippen molar-refractivity contribution in [3.8, 4) is 0 Å². The van der Waals surface area contributed by atoms with Gasteiger partial charge in [-0.25, -0.2) is 0 Å². The van der Waals surface area contributed by atoms with Crippen molar-refractivity contribution in [2.75, 3.05) is 19.8 Å². The van der Waals surface area contributed by atoms with Crippen LogP contribution in [-0.2, 0) is 25.6 Å². The van der Waals surface area contributed by atoms with E-state index in [1.54, 1.807) is 6.92 Å². The van der Waals surface area contributed by atoms with E-state index in [0.717, 1.165) is 5.56 Å². The van der Waals surface area contributed by atoms with Gasteiger partial charge in [-0.15, -0.1) is 0 Å². The minimum atomic E-state index is -0.572. The van der Waals surface area contributed by atoms with Crippen LogP contribution in [0.2, 0.25) is 0 Å². The summed E-state index contributed by atoms with van der Waals surface area (Å²) >= 11 is 0. The zero-order valence-electron chi connectivity index (χ0n) is 13.3. The van der Waals surface area contributed by atoms with Gasteiger partial charge < -0.3 is 14.2 Å². The van der Waals surface area contributed by atoms with E-state index in [4.69, 9.17) is 14.2 Å². The number of ketones is 1. The molecule has 1 aliphatic carbocycles. The van der Waals surface area contributed by atoms with Crippen molar-refractivity contribution < 1.29 is 19.0 Å². The van der Waals surface area contributed by atoms with Crippen LogP contribution in [0.4, 0.5) is 0 Å². The van der Waals surface area contributed by atoms with Crippen molar-refractivity contribution in [3.63, 3.8) is 0 Å². The van der Waals surface area contributed by atoms with Crippen molar-refractivity contribution in [3.05, 3.63) is 35.9 Å². The average Bonchev–Trinajstić information content (AvgIpc) is 3.09. The van der Waals surface area contributed by atoms with Gasteiger partial charge in [-0.05, 0) is 18.4 Å². The third-order valence-electron chi connectivity index (χ3n) is 5.08. The number of benzene rings is 1. The van der Waals surface area contributed by atoms with Gasteiger partial charge in [0.05, 0.1) is 26.4 Å². The molecule has 0 aromatic heterocycles. The molecule has 3 rings (SSSR count). The summed E-state index contributed by atoms with van der Waals surface area (Å²) in [6.45, 7) is 6.15. The van der Waals surface area contributed by atoms with Crippen LogP contribution in [0.25, 0.3) is 0 Å². The van der Waals surface area contributed by atoms with E-state index in [9.17, 15) is 4.79 Å². The maximum absolute atomic E-state index is 12.0. The summed E-state index contributed by atoms with van der Waals surface area (Å²) in [6.07, 6.45) is 0.656. The highest BCUT2D eigenvalue weighted by Crippen LogP contribution is 2.49. The zero-order chi connectivity index (χ0) is 15.6. The van der Waals surface area contributed by atoms with E-state index >= 15 is 0 Å². The lowest BCUT2D eigenvalue weighted by Crippen LogP contribution is -2.35. The number of hydrogen-bond acceptors (Lipinski definition) is 4. The van der Waals surface area contributed by atoms with Gasteiger partial charge in [-0.2, -0.15) is 0 Å². The molecule has 3 atom stereocenters. The summed E-state index contributed by atoms with van der Waals surface area (Å²) in [5.74, 6) is -0.0871. The Morgan fingerprint density at radius 3 is 2.59 bits per heavy atom. The van der Waals surface area contributed by atoms with E-state index < -0.39 is 5.79 Å². The molecule has 0 amide bonds. The van der Waals surface area contributed by atoms with Crippen LogP contribution >= 0.6 is 0 Å². The van der Waals surface area contributed by atoms with Crippen LogP contribution in [0.5, 0.6) is 0 Å². The predicted octanol–water partition coefficient (Wildman–Crippen LogP) is 2.81. The van der Waals surface area contributed by atoms with E-state index in [-0.39, 0.29) is 23.5 Å². The highest BCUT2D eigenvalue weighted by Gasteiger charge is 2.56. The van der Waals surface area contributed by atoms with Crippen molar-refractivity contribution in [1.82, 2.24) is 0 Å². The first-order chi connectivity index (χ1) is 10.6. The molecule has 0 radical (unpaired) electrons. The lowest BCUT2D eigenvalue weighted by atomic mass is 9.88. The second-order valence-corrected chi connectivity index (χ2v) is 6.38. The molecule has 1 aliphatic heterocycles. The van der Waals surface area contributed by atoms with Gasteiger partial charge in [0.2, 0.25) is 0 Å². The largest absolute Gasteiger partial charge is 0.376 e. The van der Waals surface area contributed by atoms with Crippen LogP contribution in [-0.4, -0.2) is 31.4 Å². The van der Waals surface area contributed by atoms with E-state index in [1.807, 2.05) is 30.3 Å². The Balaban J connectivity index is 1.64. The summed E-state index contributed by atoms with van der Waals surface area (Å²) in [4.78, 5) is 12.0. The summed E-state index contributed by atoms with van der Waals surface area (Å²) < 4.78 is 17.6. The fraction of sp³-hybridized carbons (Fsp3) is 0.611. The summed E-state index contributed by atoms with van der Waals surface area (Å²) in [6, 6.07) is 10.1. The predicted molar refractivity (Wildman–Crippen MR) is 82.2 cm³/mol. The van der Waals surface area contributed by atoms with Gasteiger partial charge >= 0.3 is 0 Å². The SMILES string of the molecule is CC(=O)[C@@H]1CC2(OCCO2)[C@H](C)[C@H]1COCc1ccccc1. The Kier molecular flexibility index (Phi) is 4.62. The van der Waals surface area contributed by atoms with Crippen LogP contribution in [0.1, 0.15) is 25.8 Å². The molecular formula is C18H24O4. The first-order valence-corrected chi connectivity index (χ1v) is 8.02. The molecule has 4 heteroatoms. The van der Waals surface area contributed by atoms with E-state index in [2.05, 4.69) is 6.92 Å². The fourth-order valence-electron chi connectivity index (χ4n) is 3.76. The molecule has 2 fully saturated rings. The average molecular weight is 304 g/mol. The molecule has 120 valence electrons. The quantitative estimate of drug-likeness (QED) is 0.839. The third kappa shape index (κ3) is 2.96. The molecule has 0 bridgehead atoms. The van der Waals surface area contributed by atoms with Crippen molar-refractivity contribution in [1.29, 1.82) is 0 Å². The van der Waals surface area contributed by atoms with Crippen LogP contribution < -0.4 is 0 Å². The van der Waals surface area contributed by atoms with Crippen LogP contribution in [0.3, 0.4) is 0 Å². The number of ether oxygens (including phenoxy) is 3. The third-order valence-corrected chi connectivity index (χ3v) is 5.08. The Morgan fingerprint density at radius 1 is 1.27 bits per heavy atom. The lowest BCUT2D eigenvalue weighted by Gasteiger charge is -2.29. The monoisotopic (exact) mass is 304 g/mol. The highest BCUT2D eigenvalue weighted by atomic mass is 16.7. The summed E-state index contributed by atoms with van der Waals surface area (Å²) in [5.41, 5.74) is 1.15. The molecular weight excluding hydrogens is 280 g/mol. The molecule has 1 saturated carbocycles. The second kappa shape index (κ2) is 6.49. The number of Topliss-reactive ketones (excluding diaryl/α,β-unsaturated/α-hetero) is 1. The standard InChI is InChI=1S/C18H24O4/c1-13-17(12-20-11-15-6-4-3-5-7-15)16(14(2)19)10-18(13)21-8-9-22-18/h3-7,13,16-17H,8-12H2,1-2H3/t13-,16+,17-/m1/s1. The molecule has 4 nitrogen and oxygen atoms in total. The van der Waals surface area contributed by atoms with Crippen molar-refractivity contribution in [2.24, 2.45) is 17.8 Å². The highest BCUT2D eigenvalue weighted by molar-refractivity contribution is 5.79. The van der Waals surface area contributed by atoms with Gasteiger partial charge in [-0.1, -0.05) is 37.3 Å². The topological polar surface area (TPSA) is 44.8 Å². The second-order valence-electron chi connectivity index (χ2n) is 6.38. The lowest BCUT2D eigenvalue weighted by molar-refractivity contribution is -0.184. The molecule has 1 aromatic rings. The maximum atomic E-state index is 12.0. The molecule has 2 aliphatic rings. The molecule has 1 spiro atoms. The Hall–Kier alpha value is -1.23. The van der Waals surface area contributed by atoms with Gasteiger partial charge in [0.15, 0.2) is 5.79 Å². The Labute approximate surface area is 131 Å².